The molecular weight excluding hydrogens is 321 g/mol. The smallest absolute Gasteiger partial charge is 0.419 e. The maximum atomic E-state index is 12.9. The number of halogens is 3. The van der Waals surface area contributed by atoms with Gasteiger partial charge in [0, 0.05) is 13.1 Å². The molecule has 1 N–H and O–H groups in total. The maximum Gasteiger partial charge on any atom is 0.419 e. The number of para-hydroxylation sites is 1. The zero-order valence-corrected chi connectivity index (χ0v) is 12.6. The highest BCUT2D eigenvalue weighted by atomic mass is 19.4. The van der Waals surface area contributed by atoms with Gasteiger partial charge in [-0.25, -0.2) is 9.50 Å². The van der Waals surface area contributed by atoms with Crippen molar-refractivity contribution in [2.24, 2.45) is 0 Å². The predicted octanol–water partition coefficient (Wildman–Crippen LogP) is 2.92. The third-order valence-corrected chi connectivity index (χ3v) is 3.42. The van der Waals surface area contributed by atoms with Crippen molar-refractivity contribution in [1.82, 2.24) is 19.9 Å². The molecule has 1 aromatic carbocycles. The summed E-state index contributed by atoms with van der Waals surface area (Å²) in [4.78, 5) is 4.09. The quantitative estimate of drug-likeness (QED) is 0.703. The van der Waals surface area contributed by atoms with Crippen molar-refractivity contribution in [3.63, 3.8) is 0 Å². The summed E-state index contributed by atoms with van der Waals surface area (Å²) in [7, 11) is 0. The molecule has 2 heterocycles. The molecule has 0 fully saturated rings. The second kappa shape index (κ2) is 6.88. The third kappa shape index (κ3) is 3.65. The molecule has 8 heteroatoms. The molecule has 2 aromatic heterocycles. The van der Waals surface area contributed by atoms with Crippen molar-refractivity contribution >= 4 is 5.65 Å². The van der Waals surface area contributed by atoms with Crippen LogP contribution in [-0.2, 0) is 12.7 Å². The molecule has 0 bridgehead atoms. The molecule has 0 radical (unpaired) electrons. The van der Waals surface area contributed by atoms with Crippen molar-refractivity contribution < 1.29 is 17.9 Å². The van der Waals surface area contributed by atoms with Crippen LogP contribution in [0.1, 0.15) is 11.3 Å². The monoisotopic (exact) mass is 336 g/mol. The summed E-state index contributed by atoms with van der Waals surface area (Å²) in [6.07, 6.45) is -2.96. The van der Waals surface area contributed by atoms with Crippen LogP contribution in [0, 0.1) is 0 Å². The molecule has 3 aromatic rings. The Labute approximate surface area is 136 Å². The number of ether oxygens (including phenoxy) is 1. The van der Waals surface area contributed by atoms with Gasteiger partial charge in [-0.3, -0.25) is 0 Å². The van der Waals surface area contributed by atoms with Crippen molar-refractivity contribution in [3.8, 4) is 5.75 Å². The summed E-state index contributed by atoms with van der Waals surface area (Å²) in [5, 5.41) is 7.23. The first-order chi connectivity index (χ1) is 11.6. The highest BCUT2D eigenvalue weighted by Gasteiger charge is 2.33. The van der Waals surface area contributed by atoms with E-state index in [4.69, 9.17) is 4.74 Å². The normalized spacial score (nSPS) is 11.8. The van der Waals surface area contributed by atoms with E-state index in [1.165, 1.54) is 24.5 Å². The van der Waals surface area contributed by atoms with Crippen LogP contribution < -0.4 is 10.1 Å². The zero-order valence-electron chi connectivity index (χ0n) is 12.6. The lowest BCUT2D eigenvalue weighted by atomic mass is 10.2. The van der Waals surface area contributed by atoms with Gasteiger partial charge in [0.25, 0.3) is 0 Å². The van der Waals surface area contributed by atoms with Gasteiger partial charge in [-0.1, -0.05) is 18.2 Å². The summed E-state index contributed by atoms with van der Waals surface area (Å²) >= 11 is 0. The highest BCUT2D eigenvalue weighted by Crippen LogP contribution is 2.35. The average Bonchev–Trinajstić information content (AvgIpc) is 3.03. The Morgan fingerprint density at radius 3 is 2.75 bits per heavy atom. The molecule has 0 saturated carbocycles. The first-order valence-corrected chi connectivity index (χ1v) is 7.33. The van der Waals surface area contributed by atoms with Gasteiger partial charge in [0.1, 0.15) is 18.7 Å². The fraction of sp³-hybridized carbons (Fsp3) is 0.250. The van der Waals surface area contributed by atoms with E-state index in [1.54, 1.807) is 4.52 Å². The maximum absolute atomic E-state index is 12.9. The number of fused-ring (bicyclic) bond motifs is 1. The summed E-state index contributed by atoms with van der Waals surface area (Å²) in [5.41, 5.74) is 0.878. The Bertz CT molecular complexity index is 816. The molecule has 0 unspecified atom stereocenters. The van der Waals surface area contributed by atoms with E-state index in [0.717, 1.165) is 17.4 Å². The highest BCUT2D eigenvalue weighted by molar-refractivity contribution is 5.37. The minimum Gasteiger partial charge on any atom is -0.492 e. The van der Waals surface area contributed by atoms with Gasteiger partial charge in [0.15, 0.2) is 5.65 Å². The van der Waals surface area contributed by atoms with Crippen LogP contribution in [-0.4, -0.2) is 27.7 Å². The van der Waals surface area contributed by atoms with Gasteiger partial charge in [0.2, 0.25) is 0 Å². The molecule has 0 saturated heterocycles. The summed E-state index contributed by atoms with van der Waals surface area (Å²) in [5.74, 6) is -0.162. The number of nitrogens with zero attached hydrogens (tertiary/aromatic N) is 3. The van der Waals surface area contributed by atoms with E-state index < -0.39 is 11.7 Å². The van der Waals surface area contributed by atoms with Crippen LogP contribution in [0.25, 0.3) is 5.65 Å². The standard InChI is InChI=1S/C16H15F3N4O/c17-16(18,19)13-5-1-2-6-14(13)24-9-8-20-10-12-4-3-7-15-21-11-22-23(12)15/h1-7,11,20H,8-10H2. The molecule has 0 aliphatic rings. The number of alkyl halides is 3. The van der Waals surface area contributed by atoms with Gasteiger partial charge in [0.05, 0.1) is 11.3 Å². The average molecular weight is 336 g/mol. The van der Waals surface area contributed by atoms with E-state index in [2.05, 4.69) is 15.4 Å². The number of pyridine rings is 1. The number of hydrogen-bond acceptors (Lipinski definition) is 4. The molecule has 0 amide bonds. The third-order valence-electron chi connectivity index (χ3n) is 3.42. The first-order valence-electron chi connectivity index (χ1n) is 7.33. The van der Waals surface area contributed by atoms with Gasteiger partial charge >= 0.3 is 6.18 Å². The van der Waals surface area contributed by atoms with E-state index >= 15 is 0 Å². The fourth-order valence-corrected chi connectivity index (χ4v) is 2.31. The topological polar surface area (TPSA) is 51.5 Å². The number of benzene rings is 1. The van der Waals surface area contributed by atoms with Crippen molar-refractivity contribution in [1.29, 1.82) is 0 Å². The number of aromatic nitrogens is 3. The Morgan fingerprint density at radius 1 is 1.08 bits per heavy atom. The van der Waals surface area contributed by atoms with Gasteiger partial charge < -0.3 is 10.1 Å². The zero-order chi connectivity index (χ0) is 17.0. The Hall–Kier alpha value is -2.61. The van der Waals surface area contributed by atoms with E-state index in [1.807, 2.05) is 18.2 Å². The Morgan fingerprint density at radius 2 is 1.92 bits per heavy atom. The minimum absolute atomic E-state index is 0.125. The lowest BCUT2D eigenvalue weighted by Gasteiger charge is -2.14. The number of nitrogens with one attached hydrogen (secondary N) is 1. The van der Waals surface area contributed by atoms with E-state index in [0.29, 0.717) is 13.1 Å². The number of rotatable bonds is 6. The number of hydrogen-bond donors (Lipinski definition) is 1. The van der Waals surface area contributed by atoms with Gasteiger partial charge in [-0.05, 0) is 24.3 Å². The van der Waals surface area contributed by atoms with Crippen molar-refractivity contribution in [3.05, 3.63) is 60.0 Å². The SMILES string of the molecule is FC(F)(F)c1ccccc1OCCNCc1cccc2ncnn12. The minimum atomic E-state index is -4.42. The molecule has 24 heavy (non-hydrogen) atoms. The molecule has 5 nitrogen and oxygen atoms in total. The van der Waals surface area contributed by atoms with Crippen LogP contribution in [0.5, 0.6) is 5.75 Å². The Balaban J connectivity index is 1.52. The Kier molecular flexibility index (Phi) is 4.66. The molecule has 0 atom stereocenters. The van der Waals surface area contributed by atoms with Gasteiger partial charge in [-0.2, -0.15) is 18.3 Å². The van der Waals surface area contributed by atoms with E-state index in [-0.39, 0.29) is 12.4 Å². The second-order valence-electron chi connectivity index (χ2n) is 5.07. The predicted molar refractivity (Wildman–Crippen MR) is 81.6 cm³/mol. The lowest BCUT2D eigenvalue weighted by molar-refractivity contribution is -0.138. The summed E-state index contributed by atoms with van der Waals surface area (Å²) < 4.78 is 45.5. The van der Waals surface area contributed by atoms with Crippen LogP contribution >= 0.6 is 0 Å². The molecular formula is C16H15F3N4O. The largest absolute Gasteiger partial charge is 0.492 e. The van der Waals surface area contributed by atoms with E-state index in [9.17, 15) is 13.2 Å². The van der Waals surface area contributed by atoms with Crippen molar-refractivity contribution in [2.45, 2.75) is 12.7 Å². The molecule has 0 spiro atoms. The fourth-order valence-electron chi connectivity index (χ4n) is 2.31. The van der Waals surface area contributed by atoms with Gasteiger partial charge in [-0.15, -0.1) is 0 Å². The lowest BCUT2D eigenvalue weighted by Crippen LogP contribution is -2.22. The van der Waals surface area contributed by atoms with Crippen LogP contribution in [0.4, 0.5) is 13.2 Å². The molecule has 3 rings (SSSR count). The van der Waals surface area contributed by atoms with Crippen molar-refractivity contribution in [2.75, 3.05) is 13.2 Å². The van der Waals surface area contributed by atoms with Crippen LogP contribution in [0.3, 0.4) is 0 Å². The molecule has 0 aliphatic carbocycles. The summed E-state index contributed by atoms with van der Waals surface area (Å²) in [6.45, 7) is 1.03. The summed E-state index contributed by atoms with van der Waals surface area (Å²) in [6, 6.07) is 10.8. The van der Waals surface area contributed by atoms with Crippen LogP contribution in [0.15, 0.2) is 48.8 Å². The first kappa shape index (κ1) is 16.3. The molecule has 0 aliphatic heterocycles. The second-order valence-corrected chi connectivity index (χ2v) is 5.07. The molecule has 126 valence electrons. The van der Waals surface area contributed by atoms with Crippen LogP contribution in [0.2, 0.25) is 0 Å².